The van der Waals surface area contributed by atoms with Crippen LogP contribution in [0.15, 0.2) is 0 Å². The lowest BCUT2D eigenvalue weighted by molar-refractivity contribution is 0.134. The Labute approximate surface area is 83.3 Å². The van der Waals surface area contributed by atoms with Crippen LogP contribution in [0.25, 0.3) is 0 Å². The van der Waals surface area contributed by atoms with Crippen LogP contribution >= 0.6 is 0 Å². The quantitative estimate of drug-likeness (QED) is 0.488. The van der Waals surface area contributed by atoms with Crippen molar-refractivity contribution in [2.24, 2.45) is 5.92 Å². The lowest BCUT2D eigenvalue weighted by Crippen LogP contribution is -2.23. The van der Waals surface area contributed by atoms with Gasteiger partial charge in [0.2, 0.25) is 0 Å². The summed E-state index contributed by atoms with van der Waals surface area (Å²) < 4.78 is 15.5. The molecule has 0 saturated heterocycles. The third-order valence-corrected chi connectivity index (χ3v) is 1.50. The fraction of sp³-hybridized carbons (Fsp3) is 1.00. The highest BCUT2D eigenvalue weighted by Crippen LogP contribution is 1.99. The summed E-state index contributed by atoms with van der Waals surface area (Å²) in [6.45, 7) is 7.48. The molecule has 3 radical (unpaired) electrons. The first-order valence-electron chi connectivity index (χ1n) is 4.53. The van der Waals surface area contributed by atoms with E-state index in [1.165, 1.54) is 0 Å². The molecule has 0 saturated carbocycles. The third kappa shape index (κ3) is 8.41. The van der Waals surface area contributed by atoms with Crippen LogP contribution in [0.2, 0.25) is 20.5 Å². The molecule has 71 valence electrons. The van der Waals surface area contributed by atoms with Gasteiger partial charge in [0, 0.05) is 25.7 Å². The molecule has 0 heterocycles. The first-order valence-corrected chi connectivity index (χ1v) is 4.53. The maximum absolute atomic E-state index is 5.18. The van der Waals surface area contributed by atoms with Crippen molar-refractivity contribution in [2.75, 3.05) is 19.8 Å². The van der Waals surface area contributed by atoms with Crippen LogP contribution in [0, 0.1) is 5.92 Å². The van der Waals surface area contributed by atoms with Gasteiger partial charge in [-0.2, -0.15) is 0 Å². The van der Waals surface area contributed by atoms with Crippen LogP contribution in [-0.4, -0.2) is 42.3 Å². The van der Waals surface area contributed by atoms with Gasteiger partial charge >= 0.3 is 0 Å². The van der Waals surface area contributed by atoms with Crippen molar-refractivity contribution < 1.29 is 14.0 Å². The first kappa shape index (κ1) is 13.1. The van der Waals surface area contributed by atoms with Gasteiger partial charge in [-0.15, -0.1) is 0 Å². The highest BCUT2D eigenvalue weighted by molar-refractivity contribution is 6.25. The molecule has 0 spiro atoms. The first-order chi connectivity index (χ1) is 6.35. The highest BCUT2D eigenvalue weighted by atomic mass is 16.5. The Morgan fingerprint density at radius 1 is 0.769 bits per heavy atom. The summed E-state index contributed by atoms with van der Waals surface area (Å²) in [7, 11) is 5.04. The average molecular weight is 181 g/mol. The standard InChI is InChI=1S/C7H16B3O3/c1-8-11-4-7(5-12-9-2)6-13-10-3/h7H,4-6H2,1-3H3. The molecular weight excluding hydrogens is 165 g/mol. The van der Waals surface area contributed by atoms with E-state index >= 15 is 0 Å². The lowest BCUT2D eigenvalue weighted by Gasteiger charge is -2.16. The molecule has 3 nitrogen and oxygen atoms in total. The Kier molecular flexibility index (Phi) is 10.2. The zero-order valence-corrected chi connectivity index (χ0v) is 8.66. The second kappa shape index (κ2) is 10.2. The maximum Gasteiger partial charge on any atom is 0.289 e. The van der Waals surface area contributed by atoms with Crippen molar-refractivity contribution in [3.63, 3.8) is 0 Å². The summed E-state index contributed by atoms with van der Waals surface area (Å²) in [5, 5.41) is 0. The van der Waals surface area contributed by atoms with Gasteiger partial charge in [-0.25, -0.2) is 0 Å². The molecule has 0 unspecified atom stereocenters. The molecule has 0 aliphatic rings. The molecule has 0 aromatic heterocycles. The normalized spacial score (nSPS) is 10.2. The van der Waals surface area contributed by atoms with Crippen LogP contribution < -0.4 is 0 Å². The molecule has 0 bridgehead atoms. The smallest absolute Gasteiger partial charge is 0.289 e. The monoisotopic (exact) mass is 181 g/mol. The van der Waals surface area contributed by atoms with Crippen molar-refractivity contribution in [1.29, 1.82) is 0 Å². The van der Waals surface area contributed by atoms with Crippen LogP contribution in [0.4, 0.5) is 0 Å². The largest absolute Gasteiger partial charge is 0.440 e. The van der Waals surface area contributed by atoms with Gasteiger partial charge in [-0.1, -0.05) is 20.5 Å². The van der Waals surface area contributed by atoms with Crippen LogP contribution in [0.1, 0.15) is 0 Å². The number of hydrogen-bond acceptors (Lipinski definition) is 3. The van der Waals surface area contributed by atoms with E-state index in [4.69, 9.17) is 14.0 Å². The Morgan fingerprint density at radius 2 is 1.08 bits per heavy atom. The fourth-order valence-corrected chi connectivity index (χ4v) is 0.841. The van der Waals surface area contributed by atoms with Gasteiger partial charge in [0.1, 0.15) is 0 Å². The molecule has 0 atom stereocenters. The molecule has 0 aliphatic heterocycles. The molecule has 0 amide bonds. The summed E-state index contributed by atoms with van der Waals surface area (Å²) in [5.74, 6) is 0.281. The summed E-state index contributed by atoms with van der Waals surface area (Å²) >= 11 is 0. The number of hydrogen-bond donors (Lipinski definition) is 0. The molecule has 6 heteroatoms. The molecular formula is C7H16B3O3. The Morgan fingerprint density at radius 3 is 1.31 bits per heavy atom. The Balaban J connectivity index is 3.47. The van der Waals surface area contributed by atoms with E-state index in [2.05, 4.69) is 0 Å². The summed E-state index contributed by atoms with van der Waals surface area (Å²) in [6.07, 6.45) is 0. The van der Waals surface area contributed by atoms with E-state index < -0.39 is 0 Å². The zero-order valence-electron chi connectivity index (χ0n) is 8.66. The van der Waals surface area contributed by atoms with Crippen LogP contribution in [0.3, 0.4) is 0 Å². The fourth-order valence-electron chi connectivity index (χ4n) is 0.841. The molecule has 0 aromatic rings. The second-order valence-corrected chi connectivity index (χ2v) is 2.57. The zero-order chi connectivity index (χ0) is 9.94. The van der Waals surface area contributed by atoms with Crippen molar-refractivity contribution in [2.45, 2.75) is 20.5 Å². The van der Waals surface area contributed by atoms with Crippen molar-refractivity contribution in [3.8, 4) is 0 Å². The second-order valence-electron chi connectivity index (χ2n) is 2.57. The van der Waals surface area contributed by atoms with Gasteiger partial charge in [-0.05, 0) is 0 Å². The lowest BCUT2D eigenvalue weighted by atomic mass is 10.0. The van der Waals surface area contributed by atoms with E-state index in [-0.39, 0.29) is 5.92 Å². The van der Waals surface area contributed by atoms with Crippen LogP contribution in [0.5, 0.6) is 0 Å². The van der Waals surface area contributed by atoms with Crippen molar-refractivity contribution in [1.82, 2.24) is 0 Å². The van der Waals surface area contributed by atoms with E-state index in [1.54, 1.807) is 22.4 Å². The molecule has 13 heavy (non-hydrogen) atoms. The molecule has 0 rings (SSSR count). The molecule has 0 N–H and O–H groups in total. The minimum Gasteiger partial charge on any atom is -0.440 e. The van der Waals surface area contributed by atoms with E-state index in [9.17, 15) is 0 Å². The minimum absolute atomic E-state index is 0.281. The van der Waals surface area contributed by atoms with Gasteiger partial charge in [0.15, 0.2) is 0 Å². The maximum atomic E-state index is 5.18. The summed E-state index contributed by atoms with van der Waals surface area (Å²) in [6, 6.07) is 0. The van der Waals surface area contributed by atoms with E-state index in [0.717, 1.165) is 0 Å². The van der Waals surface area contributed by atoms with Gasteiger partial charge < -0.3 is 14.0 Å². The Hall–Kier alpha value is 0.0748. The summed E-state index contributed by atoms with van der Waals surface area (Å²) in [5.41, 5.74) is 0. The summed E-state index contributed by atoms with van der Waals surface area (Å²) in [4.78, 5) is 0. The molecule has 0 aliphatic carbocycles. The molecule has 0 aromatic carbocycles. The van der Waals surface area contributed by atoms with Crippen molar-refractivity contribution in [3.05, 3.63) is 0 Å². The van der Waals surface area contributed by atoms with Crippen LogP contribution in [-0.2, 0) is 14.0 Å². The van der Waals surface area contributed by atoms with Gasteiger partial charge in [-0.3, -0.25) is 0 Å². The topological polar surface area (TPSA) is 27.7 Å². The average Bonchev–Trinajstić information content (AvgIpc) is 2.17. The third-order valence-electron chi connectivity index (χ3n) is 1.50. The van der Waals surface area contributed by atoms with Crippen molar-refractivity contribution >= 4 is 22.4 Å². The Bertz CT molecular complexity index is 86.0. The SMILES string of the molecule is C[B]OCC(CO[B]C)CO[B]C. The minimum atomic E-state index is 0.281. The highest BCUT2D eigenvalue weighted by Gasteiger charge is 2.08. The van der Waals surface area contributed by atoms with Gasteiger partial charge in [0.05, 0.1) is 0 Å². The van der Waals surface area contributed by atoms with Gasteiger partial charge in [0.25, 0.3) is 22.4 Å². The van der Waals surface area contributed by atoms with E-state index in [0.29, 0.717) is 19.8 Å². The number of rotatable bonds is 9. The predicted molar refractivity (Wildman–Crippen MR) is 56.2 cm³/mol. The van der Waals surface area contributed by atoms with E-state index in [1.807, 2.05) is 20.5 Å². The predicted octanol–water partition coefficient (Wildman–Crippen LogP) is 0.654. The molecule has 0 fully saturated rings.